The number of nitrogens with one attached hydrogen (secondary N) is 1. The first-order valence-corrected chi connectivity index (χ1v) is 7.86. The lowest BCUT2D eigenvalue weighted by atomic mass is 10.2. The van der Waals surface area contributed by atoms with Crippen LogP contribution in [0.25, 0.3) is 5.69 Å². The van der Waals surface area contributed by atoms with Gasteiger partial charge >= 0.3 is 5.97 Å². The zero-order valence-corrected chi connectivity index (χ0v) is 13.7. The highest BCUT2D eigenvalue weighted by Crippen LogP contribution is 2.13. The summed E-state index contributed by atoms with van der Waals surface area (Å²) in [6, 6.07) is 19.5. The molecule has 0 aliphatic carbocycles. The van der Waals surface area contributed by atoms with Gasteiger partial charge in [-0.05, 0) is 24.3 Å². The predicted octanol–water partition coefficient (Wildman–Crippen LogP) is 2.35. The first-order valence-electron chi connectivity index (χ1n) is 7.86. The van der Waals surface area contributed by atoms with Crippen molar-refractivity contribution in [2.75, 3.05) is 6.54 Å². The van der Waals surface area contributed by atoms with Crippen LogP contribution in [0, 0.1) is 11.8 Å². The topological polar surface area (TPSA) is 84.2 Å². The van der Waals surface area contributed by atoms with Crippen LogP contribution < -0.4 is 5.32 Å². The molecule has 0 spiro atoms. The molecule has 1 amide bonds. The highest BCUT2D eigenvalue weighted by molar-refractivity contribution is 5.96. The highest BCUT2D eigenvalue weighted by atomic mass is 16.4. The summed E-state index contributed by atoms with van der Waals surface area (Å²) in [7, 11) is 0. The monoisotopic (exact) mass is 345 g/mol. The molecule has 0 atom stereocenters. The number of nitrogens with zero attached hydrogens (tertiary/aromatic N) is 2. The molecule has 2 N–H and O–H groups in total. The van der Waals surface area contributed by atoms with Crippen LogP contribution in [0.2, 0.25) is 0 Å². The number of hydrogen-bond donors (Lipinski definition) is 2. The van der Waals surface area contributed by atoms with E-state index in [-0.39, 0.29) is 17.9 Å². The Morgan fingerprint density at radius 1 is 1.04 bits per heavy atom. The Hall–Kier alpha value is -3.85. The fraction of sp³-hybridized carbons (Fsp3) is 0.0500. The molecule has 6 nitrogen and oxygen atoms in total. The second-order valence-electron chi connectivity index (χ2n) is 5.32. The fourth-order valence-electron chi connectivity index (χ4n) is 2.30. The zero-order valence-electron chi connectivity index (χ0n) is 13.7. The number of aromatic carboxylic acids is 1. The van der Waals surface area contributed by atoms with Crippen molar-refractivity contribution in [1.29, 1.82) is 0 Å². The van der Waals surface area contributed by atoms with E-state index in [1.165, 1.54) is 10.7 Å². The molecule has 26 heavy (non-hydrogen) atoms. The van der Waals surface area contributed by atoms with E-state index >= 15 is 0 Å². The van der Waals surface area contributed by atoms with Crippen molar-refractivity contribution in [2.45, 2.75) is 0 Å². The Bertz CT molecular complexity index is 983. The molecule has 3 rings (SSSR count). The third-order valence-electron chi connectivity index (χ3n) is 3.51. The van der Waals surface area contributed by atoms with E-state index in [1.807, 2.05) is 36.4 Å². The Morgan fingerprint density at radius 2 is 1.69 bits per heavy atom. The standard InChI is InChI=1S/C20H15N3O3/c24-19(21-13-7-10-15-8-3-1-4-9-15)18-14-17(20(25)26)22-23(18)16-11-5-2-6-12-16/h1-6,8-9,11-12,14H,13H2,(H,21,24)(H,25,26). The van der Waals surface area contributed by atoms with Gasteiger partial charge in [-0.25, -0.2) is 9.48 Å². The molecule has 0 saturated carbocycles. The summed E-state index contributed by atoms with van der Waals surface area (Å²) in [5.74, 6) is 4.16. The maximum absolute atomic E-state index is 12.5. The van der Waals surface area contributed by atoms with E-state index in [1.54, 1.807) is 24.3 Å². The van der Waals surface area contributed by atoms with Gasteiger partial charge < -0.3 is 10.4 Å². The van der Waals surface area contributed by atoms with Gasteiger partial charge in [-0.3, -0.25) is 4.79 Å². The second kappa shape index (κ2) is 7.81. The lowest BCUT2D eigenvalue weighted by molar-refractivity contribution is 0.0689. The van der Waals surface area contributed by atoms with Gasteiger partial charge in [0.15, 0.2) is 5.69 Å². The van der Waals surface area contributed by atoms with Crippen LogP contribution in [-0.2, 0) is 0 Å². The number of para-hydroxylation sites is 1. The number of hydrogen-bond acceptors (Lipinski definition) is 3. The van der Waals surface area contributed by atoms with Crippen molar-refractivity contribution in [3.8, 4) is 17.5 Å². The summed E-state index contributed by atoms with van der Waals surface area (Å²) in [6.45, 7) is 0.135. The van der Waals surface area contributed by atoms with E-state index in [4.69, 9.17) is 5.11 Å². The molecule has 0 saturated heterocycles. The molecule has 0 aliphatic heterocycles. The van der Waals surface area contributed by atoms with Gasteiger partial charge in [0.05, 0.1) is 12.2 Å². The maximum atomic E-state index is 12.5. The number of carbonyl (C=O) groups is 2. The number of carboxylic acids is 1. The van der Waals surface area contributed by atoms with E-state index in [2.05, 4.69) is 22.3 Å². The van der Waals surface area contributed by atoms with E-state index in [0.717, 1.165) is 5.56 Å². The van der Waals surface area contributed by atoms with Crippen molar-refractivity contribution in [1.82, 2.24) is 15.1 Å². The summed E-state index contributed by atoms with van der Waals surface area (Å²) in [5, 5.41) is 15.8. The van der Waals surface area contributed by atoms with Gasteiger partial charge in [0.1, 0.15) is 5.69 Å². The van der Waals surface area contributed by atoms with Crippen LogP contribution >= 0.6 is 0 Å². The molecule has 0 fully saturated rings. The molecule has 1 heterocycles. The molecule has 1 aromatic heterocycles. The molecule has 3 aromatic rings. The van der Waals surface area contributed by atoms with Crippen molar-refractivity contribution < 1.29 is 14.7 Å². The first kappa shape index (κ1) is 17.0. The summed E-state index contributed by atoms with van der Waals surface area (Å²) in [4.78, 5) is 23.7. The van der Waals surface area contributed by atoms with Crippen LogP contribution in [0.5, 0.6) is 0 Å². The third-order valence-corrected chi connectivity index (χ3v) is 3.51. The quantitative estimate of drug-likeness (QED) is 0.711. The lowest BCUT2D eigenvalue weighted by Crippen LogP contribution is -2.26. The van der Waals surface area contributed by atoms with Gasteiger partial charge in [0.25, 0.3) is 5.91 Å². The van der Waals surface area contributed by atoms with Crippen LogP contribution in [0.1, 0.15) is 26.5 Å². The summed E-state index contributed by atoms with van der Waals surface area (Å²) in [6.07, 6.45) is 0. The minimum Gasteiger partial charge on any atom is -0.476 e. The number of aromatic nitrogens is 2. The second-order valence-corrected chi connectivity index (χ2v) is 5.32. The van der Waals surface area contributed by atoms with E-state index < -0.39 is 11.9 Å². The smallest absolute Gasteiger partial charge is 0.356 e. The summed E-state index contributed by atoms with van der Waals surface area (Å²) < 4.78 is 1.31. The van der Waals surface area contributed by atoms with Crippen LogP contribution in [-0.4, -0.2) is 33.3 Å². The Balaban J connectivity index is 1.78. The molecular formula is C20H15N3O3. The highest BCUT2D eigenvalue weighted by Gasteiger charge is 2.19. The minimum atomic E-state index is -1.20. The Morgan fingerprint density at radius 3 is 2.35 bits per heavy atom. The predicted molar refractivity (Wildman–Crippen MR) is 96.2 cm³/mol. The van der Waals surface area contributed by atoms with Crippen molar-refractivity contribution in [3.05, 3.63) is 83.7 Å². The molecule has 2 aromatic carbocycles. The average molecular weight is 345 g/mol. The number of carbonyl (C=O) groups excluding carboxylic acids is 1. The van der Waals surface area contributed by atoms with Crippen molar-refractivity contribution in [2.24, 2.45) is 0 Å². The largest absolute Gasteiger partial charge is 0.476 e. The van der Waals surface area contributed by atoms with Gasteiger partial charge in [-0.1, -0.05) is 48.2 Å². The van der Waals surface area contributed by atoms with Crippen molar-refractivity contribution in [3.63, 3.8) is 0 Å². The fourth-order valence-corrected chi connectivity index (χ4v) is 2.30. The molecule has 0 aliphatic rings. The Labute approximate surface area is 150 Å². The third kappa shape index (κ3) is 3.97. The molecule has 6 heteroatoms. The van der Waals surface area contributed by atoms with Crippen molar-refractivity contribution >= 4 is 11.9 Å². The molecule has 0 unspecified atom stereocenters. The molecular weight excluding hydrogens is 330 g/mol. The van der Waals surface area contributed by atoms with Gasteiger partial charge in [-0.2, -0.15) is 5.10 Å². The molecule has 0 radical (unpaired) electrons. The average Bonchev–Trinajstić information content (AvgIpc) is 3.12. The Kier molecular flexibility index (Phi) is 5.11. The molecule has 0 bridgehead atoms. The van der Waals surface area contributed by atoms with Crippen LogP contribution in [0.4, 0.5) is 0 Å². The number of rotatable bonds is 4. The number of carboxylic acid groups (broad SMARTS) is 1. The van der Waals surface area contributed by atoms with Gasteiger partial charge in [0, 0.05) is 11.6 Å². The van der Waals surface area contributed by atoms with Crippen LogP contribution in [0.15, 0.2) is 66.7 Å². The zero-order chi connectivity index (χ0) is 18.4. The van der Waals surface area contributed by atoms with Gasteiger partial charge in [0.2, 0.25) is 0 Å². The number of benzene rings is 2. The van der Waals surface area contributed by atoms with Gasteiger partial charge in [-0.15, -0.1) is 0 Å². The van der Waals surface area contributed by atoms with E-state index in [0.29, 0.717) is 5.69 Å². The number of amides is 1. The van der Waals surface area contributed by atoms with Crippen LogP contribution in [0.3, 0.4) is 0 Å². The normalized spacial score (nSPS) is 9.85. The summed E-state index contributed by atoms with van der Waals surface area (Å²) in [5.41, 5.74) is 1.38. The maximum Gasteiger partial charge on any atom is 0.356 e. The molecule has 128 valence electrons. The SMILES string of the molecule is O=C(O)c1cc(C(=O)NCC#Cc2ccccc2)n(-c2ccccc2)n1. The minimum absolute atomic E-state index is 0.134. The van der Waals surface area contributed by atoms with E-state index in [9.17, 15) is 9.59 Å². The summed E-state index contributed by atoms with van der Waals surface area (Å²) >= 11 is 0. The first-order chi connectivity index (χ1) is 12.6. The lowest BCUT2D eigenvalue weighted by Gasteiger charge is -2.06.